The summed E-state index contributed by atoms with van der Waals surface area (Å²) in [7, 11) is 0. The van der Waals surface area contributed by atoms with Gasteiger partial charge in [0.25, 0.3) is 5.91 Å². The van der Waals surface area contributed by atoms with E-state index in [1.54, 1.807) is 0 Å². The molecule has 1 fully saturated rings. The van der Waals surface area contributed by atoms with Crippen molar-refractivity contribution >= 4 is 22.5 Å². The quantitative estimate of drug-likeness (QED) is 0.644. The molecule has 1 aromatic heterocycles. The first-order chi connectivity index (χ1) is 13.4. The van der Waals surface area contributed by atoms with Crippen LogP contribution < -0.4 is 5.32 Å². The molecule has 4 heteroatoms. The van der Waals surface area contributed by atoms with Gasteiger partial charge < -0.3 is 10.3 Å². The zero-order chi connectivity index (χ0) is 19.7. The third kappa shape index (κ3) is 3.83. The van der Waals surface area contributed by atoms with Crippen molar-refractivity contribution in [3.05, 3.63) is 65.9 Å². The first kappa shape index (κ1) is 18.8. The average Bonchev–Trinajstić information content (AvgIpc) is 3.11. The number of piperidine rings is 1. The molecule has 1 saturated heterocycles. The molecule has 2 aromatic carbocycles. The Morgan fingerprint density at radius 3 is 2.46 bits per heavy atom. The van der Waals surface area contributed by atoms with Crippen LogP contribution in [0.5, 0.6) is 0 Å². The van der Waals surface area contributed by atoms with Gasteiger partial charge in [0, 0.05) is 33.9 Å². The number of hydrogen-bond acceptors (Lipinski definition) is 2. The highest BCUT2D eigenvalue weighted by atomic mass is 16.1. The van der Waals surface area contributed by atoms with Crippen molar-refractivity contribution in [3.8, 4) is 0 Å². The van der Waals surface area contributed by atoms with Crippen LogP contribution in [0, 0.1) is 0 Å². The van der Waals surface area contributed by atoms with Gasteiger partial charge in [-0.25, -0.2) is 0 Å². The lowest BCUT2D eigenvalue weighted by Crippen LogP contribution is -2.45. The summed E-state index contributed by atoms with van der Waals surface area (Å²) < 4.78 is 0. The molecule has 0 saturated carbocycles. The largest absolute Gasteiger partial charge is 0.361 e. The molecule has 4 nitrogen and oxygen atoms in total. The van der Waals surface area contributed by atoms with Crippen LogP contribution in [0.25, 0.3) is 10.9 Å². The molecule has 0 atom stereocenters. The molecule has 0 unspecified atom stereocenters. The van der Waals surface area contributed by atoms with Crippen LogP contribution in [-0.4, -0.2) is 34.4 Å². The number of aromatic amines is 1. The van der Waals surface area contributed by atoms with Crippen molar-refractivity contribution < 1.29 is 4.79 Å². The number of nitrogens with one attached hydrogen (secondary N) is 2. The van der Waals surface area contributed by atoms with Crippen LogP contribution in [0.2, 0.25) is 0 Å². The van der Waals surface area contributed by atoms with Gasteiger partial charge in [-0.05, 0) is 88.5 Å². The summed E-state index contributed by atoms with van der Waals surface area (Å²) in [5.74, 6) is 0.489. The molecular weight excluding hydrogens is 346 g/mol. The van der Waals surface area contributed by atoms with Gasteiger partial charge in [-0.15, -0.1) is 0 Å². The van der Waals surface area contributed by atoms with E-state index in [1.807, 2.05) is 36.4 Å². The lowest BCUT2D eigenvalue weighted by molar-refractivity contribution is 0.102. The van der Waals surface area contributed by atoms with Crippen molar-refractivity contribution in [2.45, 2.75) is 45.1 Å². The van der Waals surface area contributed by atoms with Crippen molar-refractivity contribution in [2.24, 2.45) is 0 Å². The second-order valence-corrected chi connectivity index (χ2v) is 8.76. The molecule has 1 aliphatic rings. The van der Waals surface area contributed by atoms with Crippen LogP contribution in [0.1, 0.15) is 55.5 Å². The van der Waals surface area contributed by atoms with E-state index in [-0.39, 0.29) is 11.4 Å². The summed E-state index contributed by atoms with van der Waals surface area (Å²) >= 11 is 0. The predicted octanol–water partition coefficient (Wildman–Crippen LogP) is 5.40. The Morgan fingerprint density at radius 2 is 1.79 bits per heavy atom. The van der Waals surface area contributed by atoms with Crippen LogP contribution in [0.3, 0.4) is 0 Å². The van der Waals surface area contributed by atoms with E-state index in [2.05, 4.69) is 54.3 Å². The number of benzene rings is 2. The SMILES string of the molecule is CC(C)(C)N1CCC(c2c[nH]c3ccc(NC(=O)c4ccccc4)cc23)CC1. The maximum Gasteiger partial charge on any atom is 0.255 e. The number of amides is 1. The Kier molecular flexibility index (Phi) is 4.98. The number of aromatic nitrogens is 1. The fourth-order valence-corrected chi connectivity index (χ4v) is 4.21. The lowest BCUT2D eigenvalue weighted by atomic mass is 9.87. The van der Waals surface area contributed by atoms with Crippen LogP contribution in [0.15, 0.2) is 54.7 Å². The van der Waals surface area contributed by atoms with Crippen LogP contribution in [0.4, 0.5) is 5.69 Å². The molecule has 0 bridgehead atoms. The molecule has 2 heterocycles. The number of hydrogen-bond donors (Lipinski definition) is 2. The molecule has 4 rings (SSSR count). The molecule has 146 valence electrons. The van der Waals surface area contributed by atoms with Crippen molar-refractivity contribution in [2.75, 3.05) is 18.4 Å². The average molecular weight is 376 g/mol. The lowest BCUT2D eigenvalue weighted by Gasteiger charge is -2.40. The maximum absolute atomic E-state index is 12.5. The monoisotopic (exact) mass is 375 g/mol. The molecule has 28 heavy (non-hydrogen) atoms. The minimum Gasteiger partial charge on any atom is -0.361 e. The van der Waals surface area contributed by atoms with Crippen LogP contribution >= 0.6 is 0 Å². The molecule has 0 radical (unpaired) electrons. The van der Waals surface area contributed by atoms with E-state index in [9.17, 15) is 4.79 Å². The Labute approximate surface area is 166 Å². The van der Waals surface area contributed by atoms with E-state index in [4.69, 9.17) is 0 Å². The first-order valence-electron chi connectivity index (χ1n) is 10.1. The minimum atomic E-state index is -0.0736. The fraction of sp³-hybridized carbons (Fsp3) is 0.375. The van der Waals surface area contributed by atoms with Gasteiger partial charge in [0.2, 0.25) is 0 Å². The highest BCUT2D eigenvalue weighted by molar-refractivity contribution is 6.05. The van der Waals surface area contributed by atoms with E-state index in [0.717, 1.165) is 24.3 Å². The Morgan fingerprint density at radius 1 is 1.07 bits per heavy atom. The predicted molar refractivity (Wildman–Crippen MR) is 116 cm³/mol. The second kappa shape index (κ2) is 7.44. The number of rotatable bonds is 3. The zero-order valence-corrected chi connectivity index (χ0v) is 17.0. The summed E-state index contributed by atoms with van der Waals surface area (Å²) in [5, 5.41) is 4.26. The van der Waals surface area contributed by atoms with E-state index < -0.39 is 0 Å². The fourth-order valence-electron chi connectivity index (χ4n) is 4.21. The maximum atomic E-state index is 12.5. The van der Waals surface area contributed by atoms with Gasteiger partial charge in [0.1, 0.15) is 0 Å². The summed E-state index contributed by atoms with van der Waals surface area (Å²) in [6.07, 6.45) is 4.50. The Bertz CT molecular complexity index is 960. The Hall–Kier alpha value is -2.59. The number of H-pyrrole nitrogens is 1. The standard InChI is InChI=1S/C24H29N3O/c1-24(2,3)27-13-11-17(12-14-27)21-16-25-22-10-9-19(15-20(21)22)26-23(28)18-7-5-4-6-8-18/h4-10,15-17,25H,11-14H2,1-3H3,(H,26,28). The van der Waals surface area contributed by atoms with Crippen LogP contribution in [-0.2, 0) is 0 Å². The minimum absolute atomic E-state index is 0.0736. The smallest absolute Gasteiger partial charge is 0.255 e. The topological polar surface area (TPSA) is 48.1 Å². The van der Waals surface area contributed by atoms with E-state index >= 15 is 0 Å². The highest BCUT2D eigenvalue weighted by Crippen LogP contribution is 2.35. The third-order valence-electron chi connectivity index (χ3n) is 5.89. The Balaban J connectivity index is 1.53. The summed E-state index contributed by atoms with van der Waals surface area (Å²) in [5.41, 5.74) is 4.26. The highest BCUT2D eigenvalue weighted by Gasteiger charge is 2.28. The molecule has 0 spiro atoms. The van der Waals surface area contributed by atoms with Gasteiger partial charge >= 0.3 is 0 Å². The summed E-state index contributed by atoms with van der Waals surface area (Å²) in [6, 6.07) is 15.5. The van der Waals surface area contributed by atoms with Crippen molar-refractivity contribution in [1.82, 2.24) is 9.88 Å². The third-order valence-corrected chi connectivity index (χ3v) is 5.89. The first-order valence-corrected chi connectivity index (χ1v) is 10.1. The van der Waals surface area contributed by atoms with E-state index in [0.29, 0.717) is 11.5 Å². The zero-order valence-electron chi connectivity index (χ0n) is 17.0. The molecule has 1 aliphatic heterocycles. The number of anilines is 1. The number of carbonyl (C=O) groups is 1. The second-order valence-electron chi connectivity index (χ2n) is 8.76. The molecule has 2 N–H and O–H groups in total. The van der Waals surface area contributed by atoms with Gasteiger partial charge in [-0.1, -0.05) is 18.2 Å². The number of likely N-dealkylation sites (tertiary alicyclic amines) is 1. The number of nitrogens with zero attached hydrogens (tertiary/aromatic N) is 1. The molecule has 0 aliphatic carbocycles. The summed E-state index contributed by atoms with van der Waals surface area (Å²) in [6.45, 7) is 9.14. The van der Waals surface area contributed by atoms with Gasteiger partial charge in [0.15, 0.2) is 0 Å². The molecule has 1 amide bonds. The van der Waals surface area contributed by atoms with E-state index in [1.165, 1.54) is 23.8 Å². The number of fused-ring (bicyclic) bond motifs is 1. The summed E-state index contributed by atoms with van der Waals surface area (Å²) in [4.78, 5) is 18.5. The molecule has 3 aromatic rings. The van der Waals surface area contributed by atoms with Gasteiger partial charge in [-0.3, -0.25) is 9.69 Å². The van der Waals surface area contributed by atoms with Gasteiger partial charge in [-0.2, -0.15) is 0 Å². The number of carbonyl (C=O) groups excluding carboxylic acids is 1. The molecular formula is C24H29N3O. The van der Waals surface area contributed by atoms with Crippen molar-refractivity contribution in [1.29, 1.82) is 0 Å². The van der Waals surface area contributed by atoms with Crippen molar-refractivity contribution in [3.63, 3.8) is 0 Å². The van der Waals surface area contributed by atoms with Gasteiger partial charge in [0.05, 0.1) is 0 Å². The normalized spacial score (nSPS) is 16.4.